The SMILES string of the molecule is COc1ccccc1-c1nc2ccc(-c3ccsc3)nn2c1-c1cccc(-c2ccco2)c1. The zero-order valence-electron chi connectivity index (χ0n) is 17.8. The van der Waals surface area contributed by atoms with E-state index >= 15 is 0 Å². The molecule has 0 spiro atoms. The van der Waals surface area contributed by atoms with Gasteiger partial charge in [0.2, 0.25) is 0 Å². The minimum absolute atomic E-state index is 0.766. The molecule has 0 N–H and O–H groups in total. The van der Waals surface area contributed by atoms with E-state index in [0.717, 1.165) is 56.5 Å². The van der Waals surface area contributed by atoms with Crippen LogP contribution < -0.4 is 4.74 Å². The summed E-state index contributed by atoms with van der Waals surface area (Å²) in [5, 5.41) is 9.14. The molecule has 4 aromatic heterocycles. The molecule has 0 unspecified atom stereocenters. The van der Waals surface area contributed by atoms with E-state index in [1.165, 1.54) is 0 Å². The molecule has 0 saturated carbocycles. The number of furan rings is 1. The highest BCUT2D eigenvalue weighted by atomic mass is 32.1. The molecule has 0 saturated heterocycles. The van der Waals surface area contributed by atoms with Crippen molar-refractivity contribution in [3.05, 3.63) is 95.9 Å². The van der Waals surface area contributed by atoms with Gasteiger partial charge in [0.25, 0.3) is 0 Å². The highest BCUT2D eigenvalue weighted by molar-refractivity contribution is 7.08. The average molecular weight is 450 g/mol. The fourth-order valence-corrected chi connectivity index (χ4v) is 4.70. The van der Waals surface area contributed by atoms with Crippen molar-refractivity contribution >= 4 is 17.0 Å². The molecular formula is C27H19N3O2S. The quantitative estimate of drug-likeness (QED) is 0.283. The molecule has 0 aliphatic heterocycles. The zero-order valence-corrected chi connectivity index (χ0v) is 18.6. The van der Waals surface area contributed by atoms with Gasteiger partial charge in [-0.25, -0.2) is 9.50 Å². The summed E-state index contributed by atoms with van der Waals surface area (Å²) in [7, 11) is 1.68. The fourth-order valence-electron chi connectivity index (χ4n) is 4.05. The lowest BCUT2D eigenvalue weighted by molar-refractivity contribution is 0.416. The molecule has 160 valence electrons. The Bertz CT molecular complexity index is 1550. The summed E-state index contributed by atoms with van der Waals surface area (Å²) in [6, 6.07) is 26.2. The van der Waals surface area contributed by atoms with Crippen LogP contribution in [0.15, 0.2) is 100 Å². The largest absolute Gasteiger partial charge is 0.496 e. The summed E-state index contributed by atoms with van der Waals surface area (Å²) in [4.78, 5) is 4.98. The Balaban J connectivity index is 1.64. The third kappa shape index (κ3) is 3.41. The minimum atomic E-state index is 0.766. The van der Waals surface area contributed by atoms with Crippen molar-refractivity contribution in [3.8, 4) is 50.8 Å². The van der Waals surface area contributed by atoms with Crippen LogP contribution in [0.1, 0.15) is 0 Å². The first kappa shape index (κ1) is 19.5. The third-order valence-electron chi connectivity index (χ3n) is 5.60. The van der Waals surface area contributed by atoms with Gasteiger partial charge >= 0.3 is 0 Å². The van der Waals surface area contributed by atoms with Gasteiger partial charge in [0, 0.05) is 27.6 Å². The van der Waals surface area contributed by atoms with Crippen molar-refractivity contribution < 1.29 is 9.15 Å². The van der Waals surface area contributed by atoms with Crippen molar-refractivity contribution in [2.75, 3.05) is 7.11 Å². The fraction of sp³-hybridized carbons (Fsp3) is 0.0370. The molecule has 6 rings (SSSR count). The van der Waals surface area contributed by atoms with Crippen LogP contribution in [0.5, 0.6) is 5.75 Å². The molecule has 0 bridgehead atoms. The van der Waals surface area contributed by atoms with Gasteiger partial charge in [0.1, 0.15) is 22.9 Å². The van der Waals surface area contributed by atoms with Crippen LogP contribution in [0, 0.1) is 0 Å². The summed E-state index contributed by atoms with van der Waals surface area (Å²) < 4.78 is 13.2. The summed E-state index contributed by atoms with van der Waals surface area (Å²) in [5.74, 6) is 1.58. The summed E-state index contributed by atoms with van der Waals surface area (Å²) in [6.45, 7) is 0. The molecular weight excluding hydrogens is 430 g/mol. The second-order valence-electron chi connectivity index (χ2n) is 7.57. The molecule has 5 nitrogen and oxygen atoms in total. The Hall–Kier alpha value is -4.16. The molecule has 6 aromatic rings. The topological polar surface area (TPSA) is 52.6 Å². The van der Waals surface area contributed by atoms with E-state index in [9.17, 15) is 0 Å². The summed E-state index contributed by atoms with van der Waals surface area (Å²) in [6.07, 6.45) is 1.69. The molecule has 0 radical (unpaired) electrons. The van der Waals surface area contributed by atoms with Crippen molar-refractivity contribution in [1.29, 1.82) is 0 Å². The lowest BCUT2D eigenvalue weighted by atomic mass is 10.0. The number of benzene rings is 2. The number of nitrogens with zero attached hydrogens (tertiary/aromatic N) is 3. The zero-order chi connectivity index (χ0) is 22.2. The van der Waals surface area contributed by atoms with Gasteiger partial charge in [-0.05, 0) is 53.9 Å². The van der Waals surface area contributed by atoms with E-state index in [4.69, 9.17) is 19.2 Å². The average Bonchev–Trinajstić information content (AvgIpc) is 3.64. The first-order chi connectivity index (χ1) is 16.3. The molecule has 6 heteroatoms. The highest BCUT2D eigenvalue weighted by Crippen LogP contribution is 2.38. The molecule has 0 fully saturated rings. The van der Waals surface area contributed by atoms with E-state index in [1.54, 1.807) is 24.7 Å². The molecule has 2 aromatic carbocycles. The number of ether oxygens (including phenoxy) is 1. The first-order valence-electron chi connectivity index (χ1n) is 10.5. The molecule has 4 heterocycles. The molecule has 0 aliphatic rings. The van der Waals surface area contributed by atoms with Crippen LogP contribution in [0.4, 0.5) is 0 Å². The Kier molecular flexibility index (Phi) is 4.78. The van der Waals surface area contributed by atoms with Gasteiger partial charge in [0.05, 0.1) is 19.1 Å². The number of hydrogen-bond acceptors (Lipinski definition) is 5. The van der Waals surface area contributed by atoms with Gasteiger partial charge in [0.15, 0.2) is 5.65 Å². The van der Waals surface area contributed by atoms with Gasteiger partial charge in [-0.2, -0.15) is 16.4 Å². The summed E-state index contributed by atoms with van der Waals surface area (Å²) >= 11 is 1.66. The van der Waals surface area contributed by atoms with Crippen molar-refractivity contribution in [2.45, 2.75) is 0 Å². The maximum absolute atomic E-state index is 5.67. The maximum atomic E-state index is 5.67. The van der Waals surface area contributed by atoms with Crippen LogP contribution >= 0.6 is 11.3 Å². The molecule has 0 aliphatic carbocycles. The van der Waals surface area contributed by atoms with E-state index in [0.29, 0.717) is 0 Å². The monoisotopic (exact) mass is 449 g/mol. The predicted molar refractivity (Wildman–Crippen MR) is 131 cm³/mol. The van der Waals surface area contributed by atoms with Crippen LogP contribution in [-0.4, -0.2) is 21.7 Å². The number of hydrogen-bond donors (Lipinski definition) is 0. The van der Waals surface area contributed by atoms with Crippen molar-refractivity contribution in [3.63, 3.8) is 0 Å². The van der Waals surface area contributed by atoms with E-state index < -0.39 is 0 Å². The van der Waals surface area contributed by atoms with Gasteiger partial charge in [-0.1, -0.05) is 30.3 Å². The van der Waals surface area contributed by atoms with Gasteiger partial charge in [-0.3, -0.25) is 0 Å². The maximum Gasteiger partial charge on any atom is 0.155 e. The number of rotatable bonds is 5. The van der Waals surface area contributed by atoms with Crippen LogP contribution in [0.25, 0.3) is 50.7 Å². The lowest BCUT2D eigenvalue weighted by Crippen LogP contribution is -1.97. The lowest BCUT2D eigenvalue weighted by Gasteiger charge is -2.10. The second kappa shape index (κ2) is 8.07. The van der Waals surface area contributed by atoms with E-state index in [1.807, 2.05) is 65.2 Å². The van der Waals surface area contributed by atoms with Gasteiger partial charge in [-0.15, -0.1) is 0 Å². The molecule has 0 atom stereocenters. The van der Waals surface area contributed by atoms with Crippen LogP contribution in [-0.2, 0) is 0 Å². The number of fused-ring (bicyclic) bond motifs is 1. The smallest absolute Gasteiger partial charge is 0.155 e. The standard InChI is InChI=1S/C27H19N3O2S/c1-31-24-9-3-2-8-21(24)26-27(19-7-4-6-18(16-19)23-10-5-14-32-23)30-25(28-26)12-11-22(29-30)20-13-15-33-17-20/h2-17H,1H3. The first-order valence-corrected chi connectivity index (χ1v) is 11.5. The highest BCUT2D eigenvalue weighted by Gasteiger charge is 2.21. The predicted octanol–water partition coefficient (Wildman–Crippen LogP) is 7.06. The Morgan fingerprint density at radius 2 is 1.79 bits per heavy atom. The number of para-hydroxylation sites is 1. The third-order valence-corrected chi connectivity index (χ3v) is 6.28. The van der Waals surface area contributed by atoms with Crippen LogP contribution in [0.3, 0.4) is 0 Å². The van der Waals surface area contributed by atoms with Crippen molar-refractivity contribution in [1.82, 2.24) is 14.6 Å². The van der Waals surface area contributed by atoms with Crippen LogP contribution in [0.2, 0.25) is 0 Å². The Labute approximate surface area is 194 Å². The molecule has 33 heavy (non-hydrogen) atoms. The number of aromatic nitrogens is 3. The summed E-state index contributed by atoms with van der Waals surface area (Å²) in [5.41, 5.74) is 7.38. The number of methoxy groups -OCH3 is 1. The molecule has 0 amide bonds. The Morgan fingerprint density at radius 3 is 2.61 bits per heavy atom. The normalized spacial score (nSPS) is 11.2. The van der Waals surface area contributed by atoms with Gasteiger partial charge < -0.3 is 9.15 Å². The number of thiophene rings is 1. The van der Waals surface area contributed by atoms with Crippen molar-refractivity contribution in [2.24, 2.45) is 0 Å². The van der Waals surface area contributed by atoms with E-state index in [2.05, 4.69) is 29.0 Å². The second-order valence-corrected chi connectivity index (χ2v) is 8.35. The minimum Gasteiger partial charge on any atom is -0.496 e. The Morgan fingerprint density at radius 1 is 0.879 bits per heavy atom. The number of imidazole rings is 1. The van der Waals surface area contributed by atoms with E-state index in [-0.39, 0.29) is 0 Å².